The lowest BCUT2D eigenvalue weighted by atomic mass is 9.90. The summed E-state index contributed by atoms with van der Waals surface area (Å²) in [5.41, 5.74) is 2.23. The first-order valence-electron chi connectivity index (χ1n) is 12.1. The van der Waals surface area contributed by atoms with Crippen LogP contribution in [-0.4, -0.2) is 43.2 Å². The largest absolute Gasteiger partial charge is 0.342 e. The lowest BCUT2D eigenvalue weighted by molar-refractivity contribution is -0.132. The number of nitrogens with zero attached hydrogens (tertiary/aromatic N) is 2. The Labute approximate surface area is 217 Å². The number of hydrogen-bond donors (Lipinski definition) is 0. The molecule has 0 saturated carbocycles. The highest BCUT2D eigenvalue weighted by Gasteiger charge is 2.31. The number of sulfonamides is 1. The summed E-state index contributed by atoms with van der Waals surface area (Å²) in [6.07, 6.45) is 2.66. The molecule has 0 atom stereocenters. The smallest absolute Gasteiger partial charge is 0.243 e. The third-order valence-corrected chi connectivity index (χ3v) is 8.86. The maximum absolute atomic E-state index is 14.6. The number of carbonyl (C=O) groups excluding carboxylic acids is 1. The molecule has 0 bridgehead atoms. The summed E-state index contributed by atoms with van der Waals surface area (Å²) in [5.74, 6) is -0.432. The zero-order chi connectivity index (χ0) is 25.7. The van der Waals surface area contributed by atoms with E-state index >= 15 is 0 Å². The van der Waals surface area contributed by atoms with Crippen LogP contribution in [0.5, 0.6) is 0 Å². The van der Waals surface area contributed by atoms with E-state index in [-0.39, 0.29) is 34.5 Å². The molecule has 190 valence electrons. The molecule has 0 aliphatic carbocycles. The zero-order valence-corrected chi connectivity index (χ0v) is 21.8. The van der Waals surface area contributed by atoms with Crippen molar-refractivity contribution < 1.29 is 17.6 Å². The van der Waals surface area contributed by atoms with Crippen LogP contribution in [0.4, 0.5) is 4.39 Å². The van der Waals surface area contributed by atoms with E-state index in [0.29, 0.717) is 19.0 Å². The van der Waals surface area contributed by atoms with Gasteiger partial charge in [0.2, 0.25) is 15.9 Å². The van der Waals surface area contributed by atoms with Crippen LogP contribution in [0.1, 0.15) is 29.5 Å². The molecule has 0 radical (unpaired) electrons. The Morgan fingerprint density at radius 1 is 1.00 bits per heavy atom. The highest BCUT2D eigenvalue weighted by molar-refractivity contribution is 7.89. The van der Waals surface area contributed by atoms with E-state index in [0.717, 1.165) is 29.1 Å². The molecular weight excluding hydrogens is 499 g/mol. The van der Waals surface area contributed by atoms with Gasteiger partial charge in [-0.1, -0.05) is 65.7 Å². The van der Waals surface area contributed by atoms with Gasteiger partial charge in [0, 0.05) is 30.2 Å². The summed E-state index contributed by atoms with van der Waals surface area (Å²) < 4.78 is 42.7. The Balaban J connectivity index is 1.50. The van der Waals surface area contributed by atoms with Crippen molar-refractivity contribution in [3.05, 3.63) is 100 Å². The van der Waals surface area contributed by atoms with Gasteiger partial charge in [0.1, 0.15) is 5.82 Å². The van der Waals surface area contributed by atoms with Gasteiger partial charge < -0.3 is 4.90 Å². The Morgan fingerprint density at radius 3 is 2.31 bits per heavy atom. The van der Waals surface area contributed by atoms with Crippen LogP contribution in [0.25, 0.3) is 0 Å². The molecular formula is C28H30ClFN2O3S. The zero-order valence-electron chi connectivity index (χ0n) is 20.2. The topological polar surface area (TPSA) is 57.7 Å². The van der Waals surface area contributed by atoms with Crippen LogP contribution >= 0.6 is 11.6 Å². The number of halogens is 2. The first-order chi connectivity index (χ1) is 17.2. The van der Waals surface area contributed by atoms with Crippen LogP contribution in [-0.2, 0) is 27.8 Å². The van der Waals surface area contributed by atoms with Gasteiger partial charge in [-0.15, -0.1) is 0 Å². The highest BCUT2D eigenvalue weighted by Crippen LogP contribution is 2.26. The van der Waals surface area contributed by atoms with Crippen molar-refractivity contribution in [2.75, 3.05) is 19.6 Å². The molecule has 3 aromatic rings. The monoisotopic (exact) mass is 528 g/mol. The first kappa shape index (κ1) is 26.3. The molecule has 0 aromatic heterocycles. The minimum Gasteiger partial charge on any atom is -0.342 e. The minimum atomic E-state index is -4.07. The molecule has 36 heavy (non-hydrogen) atoms. The van der Waals surface area contributed by atoms with Gasteiger partial charge in [-0.3, -0.25) is 4.79 Å². The summed E-state index contributed by atoms with van der Waals surface area (Å²) in [6.45, 7) is 2.27. The van der Waals surface area contributed by atoms with E-state index in [4.69, 9.17) is 11.6 Å². The van der Waals surface area contributed by atoms with Gasteiger partial charge in [-0.2, -0.15) is 4.31 Å². The molecule has 8 heteroatoms. The summed E-state index contributed by atoms with van der Waals surface area (Å²) in [4.78, 5) is 15.0. The molecule has 1 saturated heterocycles. The van der Waals surface area contributed by atoms with Crippen LogP contribution in [0.3, 0.4) is 0 Å². The summed E-state index contributed by atoms with van der Waals surface area (Å²) >= 11 is 6.20. The molecule has 1 fully saturated rings. The summed E-state index contributed by atoms with van der Waals surface area (Å²) in [5, 5.41) is 0.119. The van der Waals surface area contributed by atoms with E-state index in [1.807, 2.05) is 25.1 Å². The summed E-state index contributed by atoms with van der Waals surface area (Å²) in [6, 6.07) is 20.9. The van der Waals surface area contributed by atoms with E-state index in [2.05, 4.69) is 12.1 Å². The van der Waals surface area contributed by atoms with Crippen molar-refractivity contribution in [3.8, 4) is 0 Å². The maximum Gasteiger partial charge on any atom is 0.243 e. The lowest BCUT2D eigenvalue weighted by Crippen LogP contribution is -2.45. The highest BCUT2D eigenvalue weighted by atomic mass is 35.5. The van der Waals surface area contributed by atoms with E-state index < -0.39 is 15.8 Å². The lowest BCUT2D eigenvalue weighted by Gasteiger charge is -2.33. The average molecular weight is 529 g/mol. The van der Waals surface area contributed by atoms with Crippen molar-refractivity contribution in [1.82, 2.24) is 9.21 Å². The normalized spacial score (nSPS) is 14.8. The third kappa shape index (κ3) is 6.33. The molecule has 3 aromatic carbocycles. The van der Waals surface area contributed by atoms with Crippen molar-refractivity contribution in [3.63, 3.8) is 0 Å². The number of rotatable bonds is 8. The number of carbonyl (C=O) groups is 1. The first-order valence-corrected chi connectivity index (χ1v) is 13.9. The van der Waals surface area contributed by atoms with Crippen molar-refractivity contribution in [2.45, 2.75) is 37.6 Å². The average Bonchev–Trinajstić information content (AvgIpc) is 2.87. The van der Waals surface area contributed by atoms with E-state index in [1.54, 1.807) is 17.0 Å². The standard InChI is InChI=1S/C28H30ClFN2O3S/c1-21-10-12-24(13-11-21)36(34,35)32(19-25-26(29)8-5-9-27(25)30)20-28(33)31-16-14-23(15-17-31)18-22-6-3-2-4-7-22/h2-13,23H,14-20H2,1H3. The van der Waals surface area contributed by atoms with Crippen LogP contribution in [0, 0.1) is 18.7 Å². The fraction of sp³-hybridized carbons (Fsp3) is 0.321. The Bertz CT molecular complexity index is 1270. The number of hydrogen-bond acceptors (Lipinski definition) is 3. The van der Waals surface area contributed by atoms with E-state index in [9.17, 15) is 17.6 Å². The molecule has 1 amide bonds. The Kier molecular flexibility index (Phi) is 8.44. The quantitative estimate of drug-likeness (QED) is 0.390. The number of piperidine rings is 1. The minimum absolute atomic E-state index is 0.0456. The molecule has 1 aliphatic rings. The van der Waals surface area contributed by atoms with Crippen molar-refractivity contribution in [2.24, 2.45) is 5.92 Å². The molecule has 0 spiro atoms. The predicted octanol–water partition coefficient (Wildman–Crippen LogP) is 5.46. The van der Waals surface area contributed by atoms with Gasteiger partial charge in [-0.05, 0) is 61.9 Å². The molecule has 0 unspecified atom stereocenters. The van der Waals surface area contributed by atoms with Gasteiger partial charge in [0.05, 0.1) is 11.4 Å². The number of benzene rings is 3. The molecule has 4 rings (SSSR count). The number of likely N-dealkylation sites (tertiary alicyclic amines) is 1. The fourth-order valence-electron chi connectivity index (χ4n) is 4.53. The van der Waals surface area contributed by atoms with Crippen LogP contribution in [0.15, 0.2) is 77.7 Å². The molecule has 0 N–H and O–H groups in total. The second kappa shape index (κ2) is 11.5. The Morgan fingerprint density at radius 2 is 1.67 bits per heavy atom. The van der Waals surface area contributed by atoms with Gasteiger partial charge in [-0.25, -0.2) is 12.8 Å². The Hall–Kier alpha value is -2.74. The van der Waals surface area contributed by atoms with Crippen LogP contribution < -0.4 is 0 Å². The molecule has 5 nitrogen and oxygen atoms in total. The summed E-state index contributed by atoms with van der Waals surface area (Å²) in [7, 11) is -4.07. The van der Waals surface area contributed by atoms with Gasteiger partial charge in [0.15, 0.2) is 0 Å². The van der Waals surface area contributed by atoms with Crippen LogP contribution in [0.2, 0.25) is 5.02 Å². The predicted molar refractivity (Wildman–Crippen MR) is 140 cm³/mol. The third-order valence-electron chi connectivity index (χ3n) is 6.70. The number of aryl methyl sites for hydroxylation is 1. The molecule has 1 heterocycles. The van der Waals surface area contributed by atoms with E-state index in [1.165, 1.54) is 35.9 Å². The fourth-order valence-corrected chi connectivity index (χ4v) is 6.11. The SMILES string of the molecule is Cc1ccc(S(=O)(=O)N(CC(=O)N2CCC(Cc3ccccc3)CC2)Cc2c(F)cccc2Cl)cc1. The second-order valence-electron chi connectivity index (χ2n) is 9.30. The van der Waals surface area contributed by atoms with Crippen molar-refractivity contribution in [1.29, 1.82) is 0 Å². The van der Waals surface area contributed by atoms with Crippen molar-refractivity contribution >= 4 is 27.5 Å². The van der Waals surface area contributed by atoms with Gasteiger partial charge in [0.25, 0.3) is 0 Å². The second-order valence-corrected chi connectivity index (χ2v) is 11.6. The number of amides is 1. The molecule has 1 aliphatic heterocycles. The van der Waals surface area contributed by atoms with Gasteiger partial charge >= 0.3 is 0 Å². The maximum atomic E-state index is 14.6.